The zero-order chi connectivity index (χ0) is 18.3. The lowest BCUT2D eigenvalue weighted by Crippen LogP contribution is -2.67. The monoisotopic (exact) mass is 373 g/mol. The van der Waals surface area contributed by atoms with Crippen LogP contribution in [0.4, 0.5) is 0 Å². The molecule has 4 rings (SSSR count). The zero-order valence-corrected chi connectivity index (χ0v) is 15.8. The van der Waals surface area contributed by atoms with Crippen LogP contribution < -0.4 is 0 Å². The molecule has 1 aromatic heterocycles. The Hall–Kier alpha value is -1.99. The third-order valence-electron chi connectivity index (χ3n) is 6.00. The van der Waals surface area contributed by atoms with Crippen molar-refractivity contribution < 1.29 is 13.9 Å². The van der Waals surface area contributed by atoms with E-state index < -0.39 is 0 Å². The molecule has 0 bridgehead atoms. The Morgan fingerprint density at radius 3 is 2.69 bits per heavy atom. The first-order valence-corrected chi connectivity index (χ1v) is 9.50. The summed E-state index contributed by atoms with van der Waals surface area (Å²) >= 11 is 4.89. The summed E-state index contributed by atoms with van der Waals surface area (Å²) in [6, 6.07) is 7.56. The highest BCUT2D eigenvalue weighted by Crippen LogP contribution is 2.59. The molecular weight excluding hydrogens is 350 g/mol. The highest BCUT2D eigenvalue weighted by atomic mass is 32.1. The van der Waals surface area contributed by atoms with Crippen LogP contribution in [-0.2, 0) is 4.74 Å². The van der Waals surface area contributed by atoms with Gasteiger partial charge in [-0.05, 0) is 62.7 Å². The average Bonchev–Trinajstić information content (AvgIpc) is 3.02. The Morgan fingerprint density at radius 1 is 1.42 bits per heavy atom. The van der Waals surface area contributed by atoms with Crippen molar-refractivity contribution >= 4 is 18.1 Å². The summed E-state index contributed by atoms with van der Waals surface area (Å²) in [7, 11) is 1.91. The van der Waals surface area contributed by atoms with Gasteiger partial charge in [-0.3, -0.25) is 4.79 Å². The molecule has 2 atom stereocenters. The van der Waals surface area contributed by atoms with E-state index in [2.05, 4.69) is 10.2 Å². The Balaban J connectivity index is 1.48. The van der Waals surface area contributed by atoms with Crippen LogP contribution in [0.1, 0.15) is 43.0 Å². The number of nitrogens with one attached hydrogen (secondary N) is 1. The molecule has 1 aromatic carbocycles. The number of H-pyrrole nitrogens is 1. The van der Waals surface area contributed by atoms with Crippen molar-refractivity contribution in [2.24, 2.45) is 5.41 Å². The molecule has 2 saturated carbocycles. The lowest BCUT2D eigenvalue weighted by Gasteiger charge is -2.63. The third-order valence-corrected chi connectivity index (χ3v) is 6.17. The topological polar surface area (TPSA) is 71.4 Å². The van der Waals surface area contributed by atoms with Gasteiger partial charge < -0.3 is 14.1 Å². The second-order valence-corrected chi connectivity index (χ2v) is 7.56. The molecule has 7 heteroatoms. The summed E-state index contributed by atoms with van der Waals surface area (Å²) in [5, 5.41) is 6.60. The molecule has 1 N–H and O–H groups in total. The quantitative estimate of drug-likeness (QED) is 0.807. The molecule has 6 nitrogen and oxygen atoms in total. The fourth-order valence-electron chi connectivity index (χ4n) is 4.40. The van der Waals surface area contributed by atoms with Crippen molar-refractivity contribution in [3.8, 4) is 11.5 Å². The maximum absolute atomic E-state index is 12.9. The molecule has 0 saturated heterocycles. The van der Waals surface area contributed by atoms with Gasteiger partial charge in [-0.2, -0.15) is 0 Å². The minimum atomic E-state index is 0.0469. The summed E-state index contributed by atoms with van der Waals surface area (Å²) in [5.41, 5.74) is 1.63. The fraction of sp³-hybridized carbons (Fsp3) is 0.526. The van der Waals surface area contributed by atoms with Crippen molar-refractivity contribution in [1.29, 1.82) is 0 Å². The van der Waals surface area contributed by atoms with E-state index in [0.29, 0.717) is 17.6 Å². The first kappa shape index (κ1) is 17.4. The van der Waals surface area contributed by atoms with E-state index in [1.807, 2.05) is 43.1 Å². The number of rotatable bonds is 5. The fourth-order valence-corrected chi connectivity index (χ4v) is 4.52. The van der Waals surface area contributed by atoms with E-state index in [4.69, 9.17) is 21.4 Å². The molecule has 2 aliphatic carbocycles. The molecule has 1 heterocycles. The van der Waals surface area contributed by atoms with Crippen molar-refractivity contribution in [3.63, 3.8) is 0 Å². The number of aromatic amines is 1. The minimum Gasteiger partial charge on any atom is -0.409 e. The van der Waals surface area contributed by atoms with Gasteiger partial charge in [0.1, 0.15) is 0 Å². The Labute approximate surface area is 157 Å². The minimum absolute atomic E-state index is 0.0469. The highest BCUT2D eigenvalue weighted by Gasteiger charge is 2.60. The number of amides is 1. The number of aromatic nitrogens is 2. The summed E-state index contributed by atoms with van der Waals surface area (Å²) in [6.07, 6.45) is 4.78. The molecule has 2 fully saturated rings. The van der Waals surface area contributed by atoms with E-state index in [1.54, 1.807) is 0 Å². The number of hydrogen-bond acceptors (Lipinski definition) is 5. The van der Waals surface area contributed by atoms with Gasteiger partial charge in [0.2, 0.25) is 5.89 Å². The molecule has 138 valence electrons. The summed E-state index contributed by atoms with van der Waals surface area (Å²) < 4.78 is 11.2. The van der Waals surface area contributed by atoms with Crippen LogP contribution in [0.5, 0.6) is 0 Å². The molecule has 0 unspecified atom stereocenters. The predicted molar refractivity (Wildman–Crippen MR) is 99.3 cm³/mol. The largest absolute Gasteiger partial charge is 0.409 e. The van der Waals surface area contributed by atoms with E-state index in [0.717, 1.165) is 31.4 Å². The molecule has 0 radical (unpaired) electrons. The Bertz CT molecular complexity index is 853. The van der Waals surface area contributed by atoms with Crippen molar-refractivity contribution in [2.75, 3.05) is 13.7 Å². The standard InChI is InChI=1S/C19H23N3O3S/c1-3-24-15-11-14(19(15)9-4-10-19)22(2)17(23)13-7-5-12(6-8-13)16-20-21-18(26)25-16/h5-8,14-15H,3-4,9-11H2,1-2H3,(H,21,26)/t14-,15-/m1/s1. The van der Waals surface area contributed by atoms with Gasteiger partial charge in [-0.25, -0.2) is 5.10 Å². The van der Waals surface area contributed by atoms with Gasteiger partial charge in [0, 0.05) is 36.2 Å². The number of nitrogens with zero attached hydrogens (tertiary/aromatic N) is 2. The molecule has 1 amide bonds. The van der Waals surface area contributed by atoms with Crippen LogP contribution in [-0.4, -0.2) is 46.8 Å². The molecule has 2 aromatic rings. The first-order valence-electron chi connectivity index (χ1n) is 9.10. The molecule has 2 aliphatic rings. The third kappa shape index (κ3) is 2.70. The lowest BCUT2D eigenvalue weighted by molar-refractivity contribution is -0.192. The zero-order valence-electron chi connectivity index (χ0n) is 15.0. The van der Waals surface area contributed by atoms with Gasteiger partial charge in [-0.1, -0.05) is 6.42 Å². The normalized spacial score (nSPS) is 23.3. The van der Waals surface area contributed by atoms with E-state index in [1.165, 1.54) is 6.42 Å². The van der Waals surface area contributed by atoms with Crippen molar-refractivity contribution in [3.05, 3.63) is 34.7 Å². The van der Waals surface area contributed by atoms with E-state index in [-0.39, 0.29) is 22.2 Å². The van der Waals surface area contributed by atoms with Gasteiger partial charge in [-0.15, -0.1) is 5.10 Å². The number of ether oxygens (including phenoxy) is 1. The van der Waals surface area contributed by atoms with Gasteiger partial charge in [0.25, 0.3) is 10.7 Å². The van der Waals surface area contributed by atoms with Crippen molar-refractivity contribution in [2.45, 2.75) is 44.8 Å². The number of carbonyl (C=O) groups is 1. The maximum Gasteiger partial charge on any atom is 0.284 e. The van der Waals surface area contributed by atoms with Gasteiger partial charge in [0.15, 0.2) is 0 Å². The molecule has 1 spiro atoms. The van der Waals surface area contributed by atoms with E-state index >= 15 is 0 Å². The Morgan fingerprint density at radius 2 is 2.15 bits per heavy atom. The molecule has 0 aliphatic heterocycles. The second kappa shape index (κ2) is 6.63. The predicted octanol–water partition coefficient (Wildman–Crippen LogP) is 3.82. The van der Waals surface area contributed by atoms with Crippen LogP contribution in [0.3, 0.4) is 0 Å². The van der Waals surface area contributed by atoms with Crippen LogP contribution in [0.25, 0.3) is 11.5 Å². The number of carbonyl (C=O) groups excluding carboxylic acids is 1. The molecular formula is C19H23N3O3S. The maximum atomic E-state index is 12.9. The van der Waals surface area contributed by atoms with Crippen LogP contribution >= 0.6 is 12.2 Å². The van der Waals surface area contributed by atoms with Gasteiger partial charge in [0.05, 0.1) is 6.10 Å². The van der Waals surface area contributed by atoms with Gasteiger partial charge >= 0.3 is 0 Å². The first-order chi connectivity index (χ1) is 12.5. The summed E-state index contributed by atoms with van der Waals surface area (Å²) in [6.45, 7) is 2.78. The lowest BCUT2D eigenvalue weighted by atomic mass is 9.50. The number of hydrogen-bond donors (Lipinski definition) is 1. The summed E-state index contributed by atoms with van der Waals surface area (Å²) in [4.78, 5) is 15.1. The van der Waals surface area contributed by atoms with Crippen molar-refractivity contribution in [1.82, 2.24) is 15.1 Å². The average molecular weight is 373 g/mol. The van der Waals surface area contributed by atoms with Crippen LogP contribution in [0.2, 0.25) is 0 Å². The second-order valence-electron chi connectivity index (χ2n) is 7.19. The SMILES string of the molecule is CCO[C@@H]1C[C@@H](N(C)C(=O)c2ccc(-c3n[nH]c(=S)o3)cc2)C12CCC2. The van der Waals surface area contributed by atoms with E-state index in [9.17, 15) is 4.79 Å². The smallest absolute Gasteiger partial charge is 0.284 e. The molecule has 26 heavy (non-hydrogen) atoms. The van der Waals surface area contributed by atoms with Crippen LogP contribution in [0.15, 0.2) is 28.7 Å². The van der Waals surface area contributed by atoms with Crippen LogP contribution in [0, 0.1) is 10.3 Å². The Kier molecular flexibility index (Phi) is 4.44. The summed E-state index contributed by atoms with van der Waals surface area (Å²) in [5.74, 6) is 0.472. The highest BCUT2D eigenvalue weighted by molar-refractivity contribution is 7.71. The number of benzene rings is 1.